The quantitative estimate of drug-likeness (QED) is 0.793. The number of hydrogen-bond donors (Lipinski definition) is 2. The molecule has 25 heavy (non-hydrogen) atoms. The summed E-state index contributed by atoms with van der Waals surface area (Å²) in [6.07, 6.45) is 3.11. The second kappa shape index (κ2) is 8.10. The first kappa shape index (κ1) is 18.9. The Bertz CT molecular complexity index is 695. The molecule has 1 aromatic heterocycles. The fourth-order valence-electron chi connectivity index (χ4n) is 2.66. The monoisotopic (exact) mass is 340 g/mol. The van der Waals surface area contributed by atoms with Gasteiger partial charge < -0.3 is 10.6 Å². The zero-order valence-corrected chi connectivity index (χ0v) is 15.9. The molecule has 2 aromatic rings. The summed E-state index contributed by atoms with van der Waals surface area (Å²) in [5.74, 6) is 0.980. The van der Waals surface area contributed by atoms with Crippen molar-refractivity contribution in [3.05, 3.63) is 47.3 Å². The molecule has 0 fully saturated rings. The van der Waals surface area contributed by atoms with E-state index in [1.165, 1.54) is 0 Å². The smallest absolute Gasteiger partial charge is 0.258 e. The number of anilines is 2. The predicted octanol–water partition coefficient (Wildman–Crippen LogP) is 4.80. The van der Waals surface area contributed by atoms with Crippen molar-refractivity contribution in [2.24, 2.45) is 0 Å². The topological polar surface area (TPSA) is 66.9 Å². The minimum absolute atomic E-state index is 0.189. The highest BCUT2D eigenvalue weighted by Crippen LogP contribution is 2.32. The van der Waals surface area contributed by atoms with Crippen molar-refractivity contribution in [1.82, 2.24) is 9.97 Å². The summed E-state index contributed by atoms with van der Waals surface area (Å²) in [5.41, 5.74) is 3.63. The van der Waals surface area contributed by atoms with Crippen LogP contribution in [0, 0.1) is 0 Å². The molecule has 0 aliphatic heterocycles. The normalized spacial score (nSPS) is 11.2. The Labute approximate surface area is 150 Å². The van der Waals surface area contributed by atoms with Gasteiger partial charge in [0, 0.05) is 24.1 Å². The maximum absolute atomic E-state index is 12.7. The first-order valence-electron chi connectivity index (χ1n) is 8.82. The maximum Gasteiger partial charge on any atom is 0.258 e. The van der Waals surface area contributed by atoms with Gasteiger partial charge in [0.05, 0.1) is 5.56 Å². The molecule has 2 N–H and O–H groups in total. The highest BCUT2D eigenvalue weighted by Gasteiger charge is 2.17. The van der Waals surface area contributed by atoms with Gasteiger partial charge in [-0.2, -0.15) is 0 Å². The first-order valence-corrected chi connectivity index (χ1v) is 8.82. The molecule has 0 bridgehead atoms. The van der Waals surface area contributed by atoms with E-state index in [4.69, 9.17) is 0 Å². The molecule has 0 aliphatic carbocycles. The minimum atomic E-state index is -0.189. The Kier molecular flexibility index (Phi) is 6.12. The van der Waals surface area contributed by atoms with E-state index < -0.39 is 0 Å². The molecule has 0 saturated heterocycles. The summed E-state index contributed by atoms with van der Waals surface area (Å²) in [7, 11) is 0. The Balaban J connectivity index is 2.28. The van der Waals surface area contributed by atoms with E-state index in [2.05, 4.69) is 66.5 Å². The van der Waals surface area contributed by atoms with E-state index in [9.17, 15) is 4.79 Å². The van der Waals surface area contributed by atoms with Gasteiger partial charge in [-0.25, -0.2) is 9.97 Å². The van der Waals surface area contributed by atoms with E-state index in [-0.39, 0.29) is 11.9 Å². The summed E-state index contributed by atoms with van der Waals surface area (Å²) in [6.45, 7) is 12.5. The van der Waals surface area contributed by atoms with Gasteiger partial charge in [0.15, 0.2) is 0 Å². The number of carbonyl (C=O) groups excluding carboxylic acids is 1. The third kappa shape index (κ3) is 4.78. The fraction of sp³-hybridized carbons (Fsp3) is 0.450. The standard InChI is InChI=1S/C20H28N4O/c1-12(2)16-8-7-9-17(13(3)4)18(16)24-19(25)15-10-21-20(22-11-15)23-14(5)6/h7-14H,1-6H3,(H,24,25)(H,21,22,23). The lowest BCUT2D eigenvalue weighted by atomic mass is 9.92. The number of nitrogens with zero attached hydrogens (tertiary/aromatic N) is 2. The average Bonchev–Trinajstić information content (AvgIpc) is 2.54. The van der Waals surface area contributed by atoms with Crippen LogP contribution in [0.2, 0.25) is 0 Å². The van der Waals surface area contributed by atoms with Crippen molar-refractivity contribution in [2.45, 2.75) is 59.4 Å². The molecule has 2 rings (SSSR count). The number of carbonyl (C=O) groups is 1. The van der Waals surface area contributed by atoms with Crippen molar-refractivity contribution >= 4 is 17.5 Å². The highest BCUT2D eigenvalue weighted by molar-refractivity contribution is 6.04. The summed E-state index contributed by atoms with van der Waals surface area (Å²) in [5, 5.41) is 6.19. The Morgan fingerprint density at radius 2 is 1.44 bits per heavy atom. The van der Waals surface area contributed by atoms with E-state index in [1.54, 1.807) is 12.4 Å². The lowest BCUT2D eigenvalue weighted by molar-refractivity contribution is 0.102. The van der Waals surface area contributed by atoms with E-state index in [1.807, 2.05) is 13.8 Å². The second-order valence-corrected chi connectivity index (χ2v) is 7.17. The van der Waals surface area contributed by atoms with E-state index in [0.29, 0.717) is 23.3 Å². The van der Waals surface area contributed by atoms with Crippen LogP contribution in [0.1, 0.15) is 74.9 Å². The van der Waals surface area contributed by atoms with Gasteiger partial charge in [-0.3, -0.25) is 4.79 Å². The summed E-state index contributed by atoms with van der Waals surface area (Å²) in [6, 6.07) is 6.43. The van der Waals surface area contributed by atoms with Gasteiger partial charge in [0.1, 0.15) is 0 Å². The van der Waals surface area contributed by atoms with Crippen LogP contribution in [-0.4, -0.2) is 21.9 Å². The van der Waals surface area contributed by atoms with Crippen molar-refractivity contribution in [1.29, 1.82) is 0 Å². The van der Waals surface area contributed by atoms with Gasteiger partial charge in [-0.15, -0.1) is 0 Å². The zero-order valence-electron chi connectivity index (χ0n) is 15.9. The fourth-order valence-corrected chi connectivity index (χ4v) is 2.66. The molecule has 0 saturated carbocycles. The molecule has 0 aliphatic rings. The molecule has 0 radical (unpaired) electrons. The van der Waals surface area contributed by atoms with E-state index in [0.717, 1.165) is 16.8 Å². The van der Waals surface area contributed by atoms with Crippen LogP contribution < -0.4 is 10.6 Å². The molecule has 1 heterocycles. The van der Waals surface area contributed by atoms with Crippen molar-refractivity contribution in [2.75, 3.05) is 10.6 Å². The van der Waals surface area contributed by atoms with Crippen LogP contribution in [0.15, 0.2) is 30.6 Å². The molecule has 1 aromatic carbocycles. The van der Waals surface area contributed by atoms with Crippen LogP contribution in [0.25, 0.3) is 0 Å². The number of benzene rings is 1. The Morgan fingerprint density at radius 3 is 1.88 bits per heavy atom. The van der Waals surface area contributed by atoms with Crippen molar-refractivity contribution in [3.8, 4) is 0 Å². The minimum Gasteiger partial charge on any atom is -0.352 e. The lowest BCUT2D eigenvalue weighted by Crippen LogP contribution is -2.17. The Morgan fingerprint density at radius 1 is 0.920 bits per heavy atom. The number of amides is 1. The summed E-state index contributed by atoms with van der Waals surface area (Å²) in [4.78, 5) is 21.1. The van der Waals surface area contributed by atoms with Gasteiger partial charge in [0.2, 0.25) is 5.95 Å². The molecule has 0 spiro atoms. The second-order valence-electron chi connectivity index (χ2n) is 7.17. The molecular formula is C20H28N4O. The van der Waals surface area contributed by atoms with Crippen LogP contribution in [0.3, 0.4) is 0 Å². The molecular weight excluding hydrogens is 312 g/mol. The number of hydrogen-bond acceptors (Lipinski definition) is 4. The number of nitrogens with one attached hydrogen (secondary N) is 2. The molecule has 5 heteroatoms. The SMILES string of the molecule is CC(C)Nc1ncc(C(=O)Nc2c(C(C)C)cccc2C(C)C)cn1. The largest absolute Gasteiger partial charge is 0.352 e. The molecule has 1 amide bonds. The molecule has 134 valence electrons. The van der Waals surface area contributed by atoms with Gasteiger partial charge in [-0.05, 0) is 36.8 Å². The lowest BCUT2D eigenvalue weighted by Gasteiger charge is -2.20. The van der Waals surface area contributed by atoms with Crippen LogP contribution in [0.4, 0.5) is 11.6 Å². The molecule has 0 atom stereocenters. The average molecular weight is 340 g/mol. The number of para-hydroxylation sites is 1. The Hall–Kier alpha value is -2.43. The van der Waals surface area contributed by atoms with E-state index >= 15 is 0 Å². The van der Waals surface area contributed by atoms with Gasteiger partial charge in [0.25, 0.3) is 5.91 Å². The molecule has 5 nitrogen and oxygen atoms in total. The summed E-state index contributed by atoms with van der Waals surface area (Å²) < 4.78 is 0. The van der Waals surface area contributed by atoms with Crippen molar-refractivity contribution in [3.63, 3.8) is 0 Å². The maximum atomic E-state index is 12.7. The zero-order chi connectivity index (χ0) is 18.6. The molecule has 0 unspecified atom stereocenters. The number of rotatable bonds is 6. The summed E-state index contributed by atoms with van der Waals surface area (Å²) >= 11 is 0. The predicted molar refractivity (Wildman–Crippen MR) is 103 cm³/mol. The third-order valence-electron chi connectivity index (χ3n) is 3.94. The van der Waals surface area contributed by atoms with Crippen LogP contribution >= 0.6 is 0 Å². The van der Waals surface area contributed by atoms with Crippen LogP contribution in [-0.2, 0) is 0 Å². The van der Waals surface area contributed by atoms with Crippen molar-refractivity contribution < 1.29 is 4.79 Å². The van der Waals surface area contributed by atoms with Gasteiger partial charge >= 0.3 is 0 Å². The third-order valence-corrected chi connectivity index (χ3v) is 3.94. The highest BCUT2D eigenvalue weighted by atomic mass is 16.1. The first-order chi connectivity index (χ1) is 11.8. The van der Waals surface area contributed by atoms with Crippen LogP contribution in [0.5, 0.6) is 0 Å². The van der Waals surface area contributed by atoms with Gasteiger partial charge in [-0.1, -0.05) is 45.9 Å². The number of aromatic nitrogens is 2.